The molecule has 0 amide bonds. The first-order valence-electron chi connectivity index (χ1n) is 9.68. The van der Waals surface area contributed by atoms with E-state index in [9.17, 15) is 4.79 Å². The number of hydrogen-bond acceptors (Lipinski definition) is 3. The Hall–Kier alpha value is -1.35. The molecular formula is C22H35NO2. The highest BCUT2D eigenvalue weighted by molar-refractivity contribution is 5.69. The minimum absolute atomic E-state index is 0.00194. The maximum Gasteiger partial charge on any atom is 0.306 e. The van der Waals surface area contributed by atoms with Crippen LogP contribution < -0.4 is 0 Å². The molecule has 1 aromatic carbocycles. The molecule has 0 aliphatic carbocycles. The van der Waals surface area contributed by atoms with Crippen molar-refractivity contribution in [1.29, 1.82) is 0 Å². The van der Waals surface area contributed by atoms with Crippen LogP contribution in [0, 0.1) is 0 Å². The van der Waals surface area contributed by atoms with Gasteiger partial charge < -0.3 is 4.74 Å². The van der Waals surface area contributed by atoms with Crippen molar-refractivity contribution in [2.24, 2.45) is 0 Å². The van der Waals surface area contributed by atoms with Crippen LogP contribution in [0.1, 0.15) is 78.7 Å². The number of hydrogen-bond donors (Lipinski definition) is 0. The molecule has 0 N–H and O–H groups in total. The summed E-state index contributed by atoms with van der Waals surface area (Å²) in [5.41, 5.74) is 1.38. The highest BCUT2D eigenvalue weighted by Crippen LogP contribution is 2.41. The number of nitrogens with zero attached hydrogens (tertiary/aromatic N) is 1. The molecule has 1 unspecified atom stereocenters. The fraction of sp³-hybridized carbons (Fsp3) is 0.682. The molecule has 1 fully saturated rings. The molecule has 0 saturated carbocycles. The maximum atomic E-state index is 11.9. The SMILES string of the molecule is CCCC(=O)OC1CC(C)(C)N(CC(C)c2ccccc2)C(C)(C)C1. The average Bonchev–Trinajstić information content (AvgIpc) is 2.51. The molecule has 1 aliphatic rings. The Morgan fingerprint density at radius 1 is 1.16 bits per heavy atom. The Bertz CT molecular complexity index is 547. The van der Waals surface area contributed by atoms with Gasteiger partial charge in [-0.15, -0.1) is 0 Å². The first-order chi connectivity index (χ1) is 11.7. The largest absolute Gasteiger partial charge is 0.462 e. The van der Waals surface area contributed by atoms with Gasteiger partial charge in [-0.3, -0.25) is 9.69 Å². The molecule has 25 heavy (non-hydrogen) atoms. The molecule has 0 radical (unpaired) electrons. The molecule has 0 spiro atoms. The summed E-state index contributed by atoms with van der Waals surface area (Å²) < 4.78 is 5.78. The van der Waals surface area contributed by atoms with E-state index in [1.165, 1.54) is 5.56 Å². The van der Waals surface area contributed by atoms with Gasteiger partial charge in [-0.2, -0.15) is 0 Å². The highest BCUT2D eigenvalue weighted by atomic mass is 16.5. The molecule has 3 nitrogen and oxygen atoms in total. The van der Waals surface area contributed by atoms with E-state index < -0.39 is 0 Å². The number of ether oxygens (including phenoxy) is 1. The van der Waals surface area contributed by atoms with Crippen molar-refractivity contribution in [2.45, 2.75) is 90.3 Å². The number of esters is 1. The van der Waals surface area contributed by atoms with Gasteiger partial charge in [0, 0.05) is 36.9 Å². The van der Waals surface area contributed by atoms with Gasteiger partial charge in [-0.25, -0.2) is 0 Å². The smallest absolute Gasteiger partial charge is 0.306 e. The standard InChI is InChI=1S/C22H35NO2/c1-7-11-20(24)25-19-14-21(3,4)23(22(5,6)15-19)16-17(2)18-12-9-8-10-13-18/h8-10,12-13,17,19H,7,11,14-16H2,1-6H3. The Morgan fingerprint density at radius 2 is 1.72 bits per heavy atom. The molecule has 1 saturated heterocycles. The lowest BCUT2D eigenvalue weighted by Gasteiger charge is -2.55. The summed E-state index contributed by atoms with van der Waals surface area (Å²) in [5, 5.41) is 0. The topological polar surface area (TPSA) is 29.5 Å². The first kappa shape index (κ1) is 20.0. The third kappa shape index (κ3) is 5.07. The molecular weight excluding hydrogens is 310 g/mol. The Kier molecular flexibility index (Phi) is 6.31. The summed E-state index contributed by atoms with van der Waals surface area (Å²) in [6, 6.07) is 10.7. The minimum Gasteiger partial charge on any atom is -0.462 e. The quantitative estimate of drug-likeness (QED) is 0.667. The second-order valence-corrected chi connectivity index (χ2v) is 8.82. The van der Waals surface area contributed by atoms with Crippen molar-refractivity contribution in [3.63, 3.8) is 0 Å². The number of benzene rings is 1. The second-order valence-electron chi connectivity index (χ2n) is 8.82. The van der Waals surface area contributed by atoms with Crippen molar-refractivity contribution < 1.29 is 9.53 Å². The monoisotopic (exact) mass is 345 g/mol. The molecule has 3 heteroatoms. The zero-order chi connectivity index (χ0) is 18.7. The maximum absolute atomic E-state index is 11.9. The third-order valence-corrected chi connectivity index (χ3v) is 5.49. The summed E-state index contributed by atoms with van der Waals surface area (Å²) in [7, 11) is 0. The second kappa shape index (κ2) is 7.90. The van der Waals surface area contributed by atoms with Crippen LogP contribution in [-0.2, 0) is 9.53 Å². The van der Waals surface area contributed by atoms with E-state index >= 15 is 0 Å². The van der Waals surface area contributed by atoms with Gasteiger partial charge in [0.2, 0.25) is 0 Å². The number of carbonyl (C=O) groups is 1. The Balaban J connectivity index is 2.10. The lowest BCUT2D eigenvalue weighted by Crippen LogP contribution is -2.63. The van der Waals surface area contributed by atoms with Crippen molar-refractivity contribution in [3.8, 4) is 0 Å². The van der Waals surface area contributed by atoms with E-state index in [1.807, 2.05) is 6.92 Å². The fourth-order valence-electron chi connectivity index (χ4n) is 4.41. The summed E-state index contributed by atoms with van der Waals surface area (Å²) in [4.78, 5) is 14.6. The van der Waals surface area contributed by atoms with Gasteiger partial charge >= 0.3 is 5.97 Å². The summed E-state index contributed by atoms with van der Waals surface area (Å²) >= 11 is 0. The van der Waals surface area contributed by atoms with Crippen LogP contribution in [0.3, 0.4) is 0 Å². The van der Waals surface area contributed by atoms with Crippen LogP contribution in [0.25, 0.3) is 0 Å². The predicted molar refractivity (Wildman–Crippen MR) is 104 cm³/mol. The third-order valence-electron chi connectivity index (χ3n) is 5.49. The number of piperidine rings is 1. The summed E-state index contributed by atoms with van der Waals surface area (Å²) in [5.74, 6) is 0.421. The van der Waals surface area contributed by atoms with Crippen LogP contribution in [-0.4, -0.2) is 34.6 Å². The molecule has 1 heterocycles. The number of carbonyl (C=O) groups excluding carboxylic acids is 1. The first-order valence-corrected chi connectivity index (χ1v) is 9.68. The summed E-state index contributed by atoms with van der Waals surface area (Å²) in [6.07, 6.45) is 3.18. The van der Waals surface area contributed by atoms with Crippen LogP contribution in [0.5, 0.6) is 0 Å². The average molecular weight is 346 g/mol. The minimum atomic E-state index is -0.0507. The van der Waals surface area contributed by atoms with Crippen LogP contribution in [0.4, 0.5) is 0 Å². The van der Waals surface area contributed by atoms with E-state index in [1.54, 1.807) is 0 Å². The molecule has 0 aromatic heterocycles. The van der Waals surface area contributed by atoms with E-state index in [0.717, 1.165) is 25.8 Å². The van der Waals surface area contributed by atoms with Crippen molar-refractivity contribution in [3.05, 3.63) is 35.9 Å². The van der Waals surface area contributed by atoms with Gasteiger partial charge in [-0.05, 0) is 45.6 Å². The van der Waals surface area contributed by atoms with E-state index in [4.69, 9.17) is 4.74 Å². The van der Waals surface area contributed by atoms with E-state index in [0.29, 0.717) is 12.3 Å². The fourth-order valence-corrected chi connectivity index (χ4v) is 4.41. The number of likely N-dealkylation sites (tertiary alicyclic amines) is 1. The van der Waals surface area contributed by atoms with E-state index in [2.05, 4.69) is 69.9 Å². The Labute approximate surface area is 153 Å². The zero-order valence-corrected chi connectivity index (χ0v) is 16.8. The van der Waals surface area contributed by atoms with Gasteiger partial charge in [0.15, 0.2) is 0 Å². The summed E-state index contributed by atoms with van der Waals surface area (Å²) in [6.45, 7) is 14.5. The van der Waals surface area contributed by atoms with Gasteiger partial charge in [-0.1, -0.05) is 44.2 Å². The van der Waals surface area contributed by atoms with Crippen molar-refractivity contribution in [2.75, 3.05) is 6.54 Å². The molecule has 1 aromatic rings. The normalized spacial score (nSPS) is 21.7. The van der Waals surface area contributed by atoms with Gasteiger partial charge in [0.05, 0.1) is 0 Å². The molecule has 1 atom stereocenters. The van der Waals surface area contributed by atoms with Gasteiger partial charge in [0.25, 0.3) is 0 Å². The van der Waals surface area contributed by atoms with Crippen molar-refractivity contribution in [1.82, 2.24) is 4.90 Å². The highest BCUT2D eigenvalue weighted by Gasteiger charge is 2.46. The van der Waals surface area contributed by atoms with Crippen LogP contribution >= 0.6 is 0 Å². The lowest BCUT2D eigenvalue weighted by molar-refractivity contribution is -0.160. The van der Waals surface area contributed by atoms with E-state index in [-0.39, 0.29) is 23.2 Å². The predicted octanol–water partition coefficient (Wildman–Crippen LogP) is 5.16. The Morgan fingerprint density at radius 3 is 2.24 bits per heavy atom. The van der Waals surface area contributed by atoms with Gasteiger partial charge in [0.1, 0.15) is 6.10 Å². The van der Waals surface area contributed by atoms with Crippen LogP contribution in [0.2, 0.25) is 0 Å². The van der Waals surface area contributed by atoms with Crippen LogP contribution in [0.15, 0.2) is 30.3 Å². The zero-order valence-electron chi connectivity index (χ0n) is 16.8. The molecule has 140 valence electrons. The molecule has 1 aliphatic heterocycles. The lowest BCUT2D eigenvalue weighted by atomic mass is 9.77. The molecule has 0 bridgehead atoms. The molecule has 2 rings (SSSR count). The van der Waals surface area contributed by atoms with Crippen molar-refractivity contribution >= 4 is 5.97 Å². The number of rotatable bonds is 6.